The van der Waals surface area contributed by atoms with Crippen LogP contribution < -0.4 is 14.2 Å². The summed E-state index contributed by atoms with van der Waals surface area (Å²) in [4.78, 5) is 26.7. The largest absolute Gasteiger partial charge is 0.493 e. The summed E-state index contributed by atoms with van der Waals surface area (Å²) < 4.78 is 30.7. The molecule has 1 saturated heterocycles. The van der Waals surface area contributed by atoms with Gasteiger partial charge in [0, 0.05) is 5.56 Å². The van der Waals surface area contributed by atoms with Crippen molar-refractivity contribution in [3.05, 3.63) is 94.1 Å². The molecule has 35 heavy (non-hydrogen) atoms. The smallest absolute Gasteiger partial charge is 0.293 e. The van der Waals surface area contributed by atoms with Gasteiger partial charge in [0.2, 0.25) is 0 Å². The molecule has 0 unspecified atom stereocenters. The molecular weight excluding hydrogens is 469 g/mol. The fourth-order valence-corrected chi connectivity index (χ4v) is 4.27. The van der Waals surface area contributed by atoms with Crippen molar-refractivity contribution < 1.29 is 28.2 Å². The van der Waals surface area contributed by atoms with Gasteiger partial charge < -0.3 is 14.2 Å². The summed E-state index contributed by atoms with van der Waals surface area (Å²) in [5.74, 6) is 0.814. The van der Waals surface area contributed by atoms with E-state index in [1.165, 1.54) is 18.1 Å². The van der Waals surface area contributed by atoms with Crippen LogP contribution >= 0.6 is 11.8 Å². The van der Waals surface area contributed by atoms with Crippen LogP contribution in [0.25, 0.3) is 6.08 Å². The van der Waals surface area contributed by atoms with Gasteiger partial charge in [-0.15, -0.1) is 0 Å². The van der Waals surface area contributed by atoms with Crippen molar-refractivity contribution in [2.75, 3.05) is 20.3 Å². The third-order valence-corrected chi connectivity index (χ3v) is 6.21. The Hall–Kier alpha value is -3.78. The van der Waals surface area contributed by atoms with E-state index in [4.69, 9.17) is 14.2 Å². The third kappa shape index (κ3) is 6.02. The zero-order chi connectivity index (χ0) is 24.8. The molecule has 6 nitrogen and oxygen atoms in total. The topological polar surface area (TPSA) is 65.1 Å². The molecule has 8 heteroatoms. The van der Waals surface area contributed by atoms with E-state index in [0.29, 0.717) is 33.3 Å². The molecule has 1 fully saturated rings. The van der Waals surface area contributed by atoms with Gasteiger partial charge in [0.25, 0.3) is 11.1 Å². The fraction of sp³-hybridized carbons (Fsp3) is 0.185. The molecular formula is C27H24FNO5S. The first kappa shape index (κ1) is 24.3. The summed E-state index contributed by atoms with van der Waals surface area (Å²) in [7, 11) is 1.51. The molecule has 3 aromatic rings. The Balaban J connectivity index is 1.43. The van der Waals surface area contributed by atoms with E-state index < -0.39 is 0 Å². The molecule has 180 valence electrons. The molecule has 2 amide bonds. The van der Waals surface area contributed by atoms with E-state index in [1.54, 1.807) is 42.5 Å². The van der Waals surface area contributed by atoms with Gasteiger partial charge in [0.15, 0.2) is 11.5 Å². The second-order valence-electron chi connectivity index (χ2n) is 7.79. The summed E-state index contributed by atoms with van der Waals surface area (Å²) >= 11 is 0.874. The summed E-state index contributed by atoms with van der Waals surface area (Å²) in [6.07, 6.45) is 1.63. The van der Waals surface area contributed by atoms with Crippen molar-refractivity contribution in [1.82, 2.24) is 4.90 Å². The van der Waals surface area contributed by atoms with Crippen LogP contribution in [0.4, 0.5) is 9.18 Å². The van der Waals surface area contributed by atoms with Crippen LogP contribution in [0.1, 0.15) is 16.7 Å². The van der Waals surface area contributed by atoms with Crippen LogP contribution in [0.3, 0.4) is 0 Å². The summed E-state index contributed by atoms with van der Waals surface area (Å²) in [5, 5.41) is -0.349. The molecule has 0 radical (unpaired) electrons. The maximum absolute atomic E-state index is 13.9. The fourth-order valence-electron chi connectivity index (χ4n) is 3.40. The van der Waals surface area contributed by atoms with E-state index in [1.807, 2.05) is 31.2 Å². The molecule has 0 N–H and O–H groups in total. The second-order valence-corrected chi connectivity index (χ2v) is 8.78. The predicted molar refractivity (Wildman–Crippen MR) is 133 cm³/mol. The highest BCUT2D eigenvalue weighted by Gasteiger charge is 2.34. The number of ether oxygens (including phenoxy) is 3. The number of hydrogen-bond acceptors (Lipinski definition) is 6. The lowest BCUT2D eigenvalue weighted by molar-refractivity contribution is -0.123. The zero-order valence-corrected chi connectivity index (χ0v) is 20.1. The molecule has 0 saturated carbocycles. The predicted octanol–water partition coefficient (Wildman–Crippen LogP) is 5.84. The van der Waals surface area contributed by atoms with Crippen molar-refractivity contribution in [2.24, 2.45) is 0 Å². The number of carbonyl (C=O) groups is 2. The van der Waals surface area contributed by atoms with Gasteiger partial charge >= 0.3 is 0 Å². The van der Waals surface area contributed by atoms with Crippen LogP contribution in [-0.4, -0.2) is 36.3 Å². The SMILES string of the molecule is COc1ccc(/C=C2\SC(=O)N(CCOc3ccc(C)cc3)C2=O)cc1OCc1ccccc1F. The van der Waals surface area contributed by atoms with Crippen molar-refractivity contribution in [1.29, 1.82) is 0 Å². The third-order valence-electron chi connectivity index (χ3n) is 5.30. The number of aryl methyl sites for hydroxylation is 1. The molecule has 0 spiro atoms. The Kier molecular flexibility index (Phi) is 7.72. The second kappa shape index (κ2) is 11.1. The van der Waals surface area contributed by atoms with Crippen molar-refractivity contribution in [3.63, 3.8) is 0 Å². The molecule has 3 aromatic carbocycles. The molecule has 1 aliphatic heterocycles. The minimum absolute atomic E-state index is 0.0178. The number of amides is 2. The standard InChI is InChI=1S/C27H24FNO5S/c1-18-7-10-21(11-8-18)33-14-13-29-26(30)25(35-27(29)31)16-19-9-12-23(32-2)24(15-19)34-17-20-5-3-4-6-22(20)28/h3-12,15-16H,13-14,17H2,1-2H3/b25-16-. The van der Waals surface area contributed by atoms with Crippen molar-refractivity contribution >= 4 is 29.0 Å². The number of benzene rings is 3. The first-order valence-corrected chi connectivity index (χ1v) is 11.8. The summed E-state index contributed by atoms with van der Waals surface area (Å²) in [6, 6.07) is 19.1. The quantitative estimate of drug-likeness (QED) is 0.349. The maximum Gasteiger partial charge on any atom is 0.293 e. The van der Waals surface area contributed by atoms with Gasteiger partial charge in [-0.2, -0.15) is 0 Å². The van der Waals surface area contributed by atoms with Crippen molar-refractivity contribution in [2.45, 2.75) is 13.5 Å². The highest BCUT2D eigenvalue weighted by atomic mass is 32.2. The Labute approximate surface area is 207 Å². The normalized spacial score (nSPS) is 14.5. The lowest BCUT2D eigenvalue weighted by Gasteiger charge is -2.13. The van der Waals surface area contributed by atoms with E-state index >= 15 is 0 Å². The van der Waals surface area contributed by atoms with E-state index in [9.17, 15) is 14.0 Å². The minimum Gasteiger partial charge on any atom is -0.493 e. The molecule has 0 aliphatic carbocycles. The monoisotopic (exact) mass is 493 g/mol. The molecule has 1 heterocycles. The zero-order valence-electron chi connectivity index (χ0n) is 19.3. The lowest BCUT2D eigenvalue weighted by Crippen LogP contribution is -2.32. The van der Waals surface area contributed by atoms with Crippen LogP contribution in [0.5, 0.6) is 17.2 Å². The van der Waals surface area contributed by atoms with E-state index in [2.05, 4.69) is 0 Å². The van der Waals surface area contributed by atoms with Gasteiger partial charge in [0.05, 0.1) is 18.6 Å². The van der Waals surface area contributed by atoms with Crippen LogP contribution in [0.2, 0.25) is 0 Å². The molecule has 0 aromatic heterocycles. The van der Waals surface area contributed by atoms with Gasteiger partial charge in [-0.25, -0.2) is 4.39 Å². The Morgan fingerprint density at radius 2 is 1.74 bits per heavy atom. The van der Waals surface area contributed by atoms with Gasteiger partial charge in [-0.1, -0.05) is 42.0 Å². The van der Waals surface area contributed by atoms with Crippen LogP contribution in [0.15, 0.2) is 71.6 Å². The minimum atomic E-state index is -0.378. The number of halogens is 1. The first-order chi connectivity index (χ1) is 16.9. The van der Waals surface area contributed by atoms with Crippen molar-refractivity contribution in [3.8, 4) is 17.2 Å². The molecule has 1 aliphatic rings. The Morgan fingerprint density at radius 1 is 0.971 bits per heavy atom. The van der Waals surface area contributed by atoms with Gasteiger partial charge in [-0.05, 0) is 60.7 Å². The number of rotatable bonds is 9. The highest BCUT2D eigenvalue weighted by molar-refractivity contribution is 8.18. The van der Waals surface area contributed by atoms with E-state index in [-0.39, 0.29) is 36.7 Å². The molecule has 0 bridgehead atoms. The van der Waals surface area contributed by atoms with Gasteiger partial charge in [-0.3, -0.25) is 14.5 Å². The summed E-state index contributed by atoms with van der Waals surface area (Å²) in [6.45, 7) is 2.35. The number of thioether (sulfide) groups is 1. The highest BCUT2D eigenvalue weighted by Crippen LogP contribution is 2.35. The Morgan fingerprint density at radius 3 is 2.49 bits per heavy atom. The Bertz CT molecular complexity index is 1260. The van der Waals surface area contributed by atoms with Crippen LogP contribution in [-0.2, 0) is 11.4 Å². The average Bonchev–Trinajstić information content (AvgIpc) is 3.12. The maximum atomic E-state index is 13.9. The number of carbonyl (C=O) groups excluding carboxylic acids is 2. The average molecular weight is 494 g/mol. The number of imide groups is 1. The van der Waals surface area contributed by atoms with E-state index in [0.717, 1.165) is 17.3 Å². The summed E-state index contributed by atoms with van der Waals surface area (Å²) in [5.41, 5.74) is 2.18. The first-order valence-electron chi connectivity index (χ1n) is 10.9. The van der Waals surface area contributed by atoms with Gasteiger partial charge in [0.1, 0.15) is 24.8 Å². The number of hydrogen-bond donors (Lipinski definition) is 0. The molecule has 4 rings (SSSR count). The number of methoxy groups -OCH3 is 1. The van der Waals surface area contributed by atoms with Crippen LogP contribution in [0, 0.1) is 12.7 Å². The lowest BCUT2D eigenvalue weighted by atomic mass is 10.1. The number of nitrogens with zero attached hydrogens (tertiary/aromatic N) is 1. The molecule has 0 atom stereocenters.